The molecule has 0 radical (unpaired) electrons. The van der Waals surface area contributed by atoms with E-state index in [0.29, 0.717) is 6.42 Å². The van der Waals surface area contributed by atoms with E-state index in [1.807, 2.05) is 0 Å². The highest BCUT2D eigenvalue weighted by molar-refractivity contribution is 5.86. The Hall–Kier alpha value is -1.67. The summed E-state index contributed by atoms with van der Waals surface area (Å²) < 4.78 is 0. The Kier molecular flexibility index (Phi) is 8.19. The normalized spacial score (nSPS) is 20.6. The van der Waals surface area contributed by atoms with Gasteiger partial charge in [0, 0.05) is 17.5 Å². The first-order valence-corrected chi connectivity index (χ1v) is 7.53. The fourth-order valence-corrected chi connectivity index (χ4v) is 3.40. The second-order valence-corrected chi connectivity index (χ2v) is 7.18. The lowest BCUT2D eigenvalue weighted by molar-refractivity contribution is -0.129. The van der Waals surface area contributed by atoms with Crippen LogP contribution in [0.25, 0.3) is 0 Å². The maximum atomic E-state index is 12.0. The third kappa shape index (κ3) is 8.51. The molecule has 1 fully saturated rings. The summed E-state index contributed by atoms with van der Waals surface area (Å²) in [4.78, 5) is 31.3. The molecule has 1 aliphatic heterocycles. The molecule has 0 aromatic carbocycles. The maximum Gasteiger partial charge on any atom is 0.290 e. The fraction of sp³-hybridized carbons (Fsp3) is 0.800. The van der Waals surface area contributed by atoms with Gasteiger partial charge in [-0.1, -0.05) is 0 Å². The quantitative estimate of drug-likeness (QED) is 0.434. The molecule has 6 N–H and O–H groups in total. The van der Waals surface area contributed by atoms with Crippen molar-refractivity contribution in [2.75, 3.05) is 6.61 Å². The van der Waals surface area contributed by atoms with Crippen molar-refractivity contribution in [1.82, 2.24) is 10.6 Å². The van der Waals surface area contributed by atoms with Gasteiger partial charge < -0.3 is 26.6 Å². The first-order valence-electron chi connectivity index (χ1n) is 7.53. The van der Waals surface area contributed by atoms with E-state index < -0.39 is 18.6 Å². The van der Waals surface area contributed by atoms with Crippen LogP contribution in [0.4, 0.5) is 0 Å². The molecular formula is C15H29N3O5. The monoisotopic (exact) mass is 331 g/mol. The fourth-order valence-electron chi connectivity index (χ4n) is 3.40. The van der Waals surface area contributed by atoms with Crippen molar-refractivity contribution in [2.24, 2.45) is 11.7 Å². The molecule has 0 saturated carbocycles. The predicted molar refractivity (Wildman–Crippen MR) is 85.5 cm³/mol. The molecular weight excluding hydrogens is 302 g/mol. The topological polar surface area (TPSA) is 142 Å². The number of carbonyl (C=O) groups is 3. The lowest BCUT2D eigenvalue weighted by atomic mass is 9.74. The molecule has 0 aliphatic carbocycles. The van der Waals surface area contributed by atoms with Crippen LogP contribution in [0.15, 0.2) is 0 Å². The number of carboxylic acid groups (broad SMARTS) is 1. The molecule has 0 aromatic rings. The minimum Gasteiger partial charge on any atom is -0.483 e. The largest absolute Gasteiger partial charge is 0.483 e. The van der Waals surface area contributed by atoms with Gasteiger partial charge in [0.15, 0.2) is 0 Å². The Morgan fingerprint density at radius 3 is 2.09 bits per heavy atom. The standard InChI is InChI=1S/C14H27N3O3.CH2O2/c1-13(2)6-9(7-14(3,4)17-13)5-11(19)16-10(8-18)12(15)20;2-1-3/h9-10,17-18H,5-8H2,1-4H3,(H2,15,20)(H,16,19);1H,(H,2,3)/t10-;/m0./s1. The minimum atomic E-state index is -0.995. The molecule has 1 saturated heterocycles. The van der Waals surface area contributed by atoms with Crippen molar-refractivity contribution < 1.29 is 24.6 Å². The number of aliphatic hydroxyl groups is 1. The van der Waals surface area contributed by atoms with Gasteiger partial charge in [0.25, 0.3) is 6.47 Å². The van der Waals surface area contributed by atoms with E-state index in [1.165, 1.54) is 0 Å². The highest BCUT2D eigenvalue weighted by atomic mass is 16.3. The van der Waals surface area contributed by atoms with Gasteiger partial charge in [-0.15, -0.1) is 0 Å². The zero-order valence-electron chi connectivity index (χ0n) is 14.3. The molecule has 1 atom stereocenters. The molecule has 23 heavy (non-hydrogen) atoms. The molecule has 1 aliphatic rings. The summed E-state index contributed by atoms with van der Waals surface area (Å²) in [6, 6.07) is -0.995. The third-order valence-electron chi connectivity index (χ3n) is 3.61. The number of aliphatic hydroxyl groups excluding tert-OH is 1. The molecule has 0 spiro atoms. The smallest absolute Gasteiger partial charge is 0.290 e. The minimum absolute atomic E-state index is 0.0211. The average molecular weight is 331 g/mol. The third-order valence-corrected chi connectivity index (χ3v) is 3.61. The number of rotatable bonds is 5. The van der Waals surface area contributed by atoms with Gasteiger partial charge in [-0.05, 0) is 46.5 Å². The van der Waals surface area contributed by atoms with E-state index >= 15 is 0 Å². The van der Waals surface area contributed by atoms with Crippen molar-refractivity contribution >= 4 is 18.3 Å². The molecule has 0 aromatic heterocycles. The van der Waals surface area contributed by atoms with E-state index in [-0.39, 0.29) is 29.4 Å². The Bertz CT molecular complexity index is 407. The number of amides is 2. The Labute approximate surface area is 136 Å². The molecule has 8 heteroatoms. The Morgan fingerprint density at radius 1 is 1.30 bits per heavy atom. The second-order valence-electron chi connectivity index (χ2n) is 7.18. The van der Waals surface area contributed by atoms with Crippen LogP contribution in [0.2, 0.25) is 0 Å². The lowest BCUT2D eigenvalue weighted by Gasteiger charge is -2.46. The van der Waals surface area contributed by atoms with Crippen LogP contribution < -0.4 is 16.4 Å². The van der Waals surface area contributed by atoms with E-state index in [9.17, 15) is 9.59 Å². The van der Waals surface area contributed by atoms with Crippen LogP contribution in [0.1, 0.15) is 47.0 Å². The van der Waals surface area contributed by atoms with E-state index in [2.05, 4.69) is 38.3 Å². The van der Waals surface area contributed by atoms with Crippen LogP contribution in [-0.2, 0) is 14.4 Å². The van der Waals surface area contributed by atoms with Crippen LogP contribution >= 0.6 is 0 Å². The summed E-state index contributed by atoms with van der Waals surface area (Å²) in [6.45, 7) is 7.78. The average Bonchev–Trinajstić information content (AvgIpc) is 2.32. The molecule has 1 rings (SSSR count). The first-order chi connectivity index (χ1) is 10.5. The van der Waals surface area contributed by atoms with Crippen molar-refractivity contribution in [2.45, 2.75) is 64.1 Å². The van der Waals surface area contributed by atoms with Gasteiger partial charge in [-0.3, -0.25) is 14.4 Å². The van der Waals surface area contributed by atoms with Gasteiger partial charge in [0.1, 0.15) is 6.04 Å². The number of piperidine rings is 1. The number of primary amides is 1. The van der Waals surface area contributed by atoms with Gasteiger partial charge in [-0.25, -0.2) is 0 Å². The van der Waals surface area contributed by atoms with Crippen LogP contribution in [-0.4, -0.2) is 52.2 Å². The summed E-state index contributed by atoms with van der Waals surface area (Å²) in [5.74, 6) is -0.707. The number of nitrogens with one attached hydrogen (secondary N) is 2. The van der Waals surface area contributed by atoms with Gasteiger partial charge in [0.2, 0.25) is 11.8 Å². The summed E-state index contributed by atoms with van der Waals surface area (Å²) >= 11 is 0. The zero-order chi connectivity index (χ0) is 18.3. The zero-order valence-corrected chi connectivity index (χ0v) is 14.3. The second kappa shape index (κ2) is 8.83. The van der Waals surface area contributed by atoms with Crippen LogP contribution in [0, 0.1) is 5.92 Å². The Morgan fingerprint density at radius 2 is 1.74 bits per heavy atom. The predicted octanol–water partition coefficient (Wildman–Crippen LogP) is -0.403. The van der Waals surface area contributed by atoms with Crippen molar-refractivity contribution in [3.05, 3.63) is 0 Å². The molecule has 2 amide bonds. The molecule has 134 valence electrons. The number of nitrogens with two attached hydrogens (primary N) is 1. The molecule has 0 bridgehead atoms. The van der Waals surface area contributed by atoms with Crippen LogP contribution in [0.5, 0.6) is 0 Å². The summed E-state index contributed by atoms with van der Waals surface area (Å²) in [7, 11) is 0. The van der Waals surface area contributed by atoms with E-state index in [1.54, 1.807) is 0 Å². The summed E-state index contributed by atoms with van der Waals surface area (Å²) in [6.07, 6.45) is 2.13. The Balaban J connectivity index is 0.00000149. The van der Waals surface area contributed by atoms with E-state index in [4.69, 9.17) is 20.7 Å². The molecule has 0 unspecified atom stereocenters. The number of hydrogen-bond acceptors (Lipinski definition) is 5. The highest BCUT2D eigenvalue weighted by Crippen LogP contribution is 2.34. The lowest BCUT2D eigenvalue weighted by Crippen LogP contribution is -2.58. The van der Waals surface area contributed by atoms with Crippen molar-refractivity contribution in [3.63, 3.8) is 0 Å². The number of hydrogen-bond donors (Lipinski definition) is 5. The number of carbonyl (C=O) groups excluding carboxylic acids is 2. The van der Waals surface area contributed by atoms with Crippen molar-refractivity contribution in [1.29, 1.82) is 0 Å². The van der Waals surface area contributed by atoms with Gasteiger partial charge in [-0.2, -0.15) is 0 Å². The highest BCUT2D eigenvalue weighted by Gasteiger charge is 2.38. The van der Waals surface area contributed by atoms with Gasteiger partial charge >= 0.3 is 0 Å². The summed E-state index contributed by atoms with van der Waals surface area (Å²) in [5.41, 5.74) is 5.05. The SMILES string of the molecule is CC1(C)CC(CC(=O)N[C@@H](CO)C(N)=O)CC(C)(C)N1.O=CO. The van der Waals surface area contributed by atoms with E-state index in [0.717, 1.165) is 12.8 Å². The molecule has 8 nitrogen and oxygen atoms in total. The maximum absolute atomic E-state index is 12.0. The summed E-state index contributed by atoms with van der Waals surface area (Å²) in [5, 5.41) is 21.9. The van der Waals surface area contributed by atoms with Crippen molar-refractivity contribution in [3.8, 4) is 0 Å². The first kappa shape index (κ1) is 21.3. The molecule has 1 heterocycles. The van der Waals surface area contributed by atoms with Gasteiger partial charge in [0.05, 0.1) is 6.61 Å². The van der Waals surface area contributed by atoms with Crippen LogP contribution in [0.3, 0.4) is 0 Å².